The summed E-state index contributed by atoms with van der Waals surface area (Å²) >= 11 is 0. The SMILES string of the molecule is CC(=O)NC1CCN(c2ccc(CNC3CC3)cc2F)C1. The van der Waals surface area contributed by atoms with Crippen molar-refractivity contribution < 1.29 is 9.18 Å². The number of halogens is 1. The van der Waals surface area contributed by atoms with Crippen LogP contribution in [0.1, 0.15) is 31.7 Å². The number of carbonyl (C=O) groups excluding carboxylic acids is 1. The third-order valence-electron chi connectivity index (χ3n) is 4.12. The second-order valence-electron chi connectivity index (χ2n) is 6.07. The Hall–Kier alpha value is -1.62. The minimum atomic E-state index is -0.173. The smallest absolute Gasteiger partial charge is 0.217 e. The maximum Gasteiger partial charge on any atom is 0.217 e. The van der Waals surface area contributed by atoms with Gasteiger partial charge in [-0.15, -0.1) is 0 Å². The van der Waals surface area contributed by atoms with Gasteiger partial charge in [-0.1, -0.05) is 6.07 Å². The van der Waals surface area contributed by atoms with Crippen LogP contribution in [-0.4, -0.2) is 31.1 Å². The average molecular weight is 291 g/mol. The molecule has 2 fully saturated rings. The third kappa shape index (κ3) is 3.73. The molecule has 4 nitrogen and oxygen atoms in total. The van der Waals surface area contributed by atoms with Crippen LogP contribution in [0.15, 0.2) is 18.2 Å². The molecule has 1 aromatic carbocycles. The summed E-state index contributed by atoms with van der Waals surface area (Å²) in [5.74, 6) is -0.197. The minimum absolute atomic E-state index is 0.0242. The van der Waals surface area contributed by atoms with E-state index in [1.54, 1.807) is 6.07 Å². The van der Waals surface area contributed by atoms with Crippen molar-refractivity contribution in [2.24, 2.45) is 0 Å². The second kappa shape index (κ2) is 6.02. The van der Waals surface area contributed by atoms with Crippen molar-refractivity contribution in [2.45, 2.75) is 44.8 Å². The zero-order chi connectivity index (χ0) is 14.8. The molecule has 2 aliphatic rings. The fourth-order valence-corrected chi connectivity index (χ4v) is 2.85. The van der Waals surface area contributed by atoms with Gasteiger partial charge in [-0.3, -0.25) is 4.79 Å². The molecule has 1 aliphatic heterocycles. The first-order valence-electron chi connectivity index (χ1n) is 7.65. The third-order valence-corrected chi connectivity index (χ3v) is 4.12. The van der Waals surface area contributed by atoms with E-state index in [4.69, 9.17) is 0 Å². The van der Waals surface area contributed by atoms with Crippen molar-refractivity contribution in [2.75, 3.05) is 18.0 Å². The molecule has 1 aliphatic carbocycles. The normalized spacial score (nSPS) is 21.6. The summed E-state index contributed by atoms with van der Waals surface area (Å²) in [7, 11) is 0. The van der Waals surface area contributed by atoms with Crippen molar-refractivity contribution in [3.05, 3.63) is 29.6 Å². The Morgan fingerprint density at radius 1 is 1.33 bits per heavy atom. The zero-order valence-electron chi connectivity index (χ0n) is 12.4. The van der Waals surface area contributed by atoms with Crippen LogP contribution in [-0.2, 0) is 11.3 Å². The lowest BCUT2D eigenvalue weighted by atomic mass is 10.2. The van der Waals surface area contributed by atoms with Gasteiger partial charge >= 0.3 is 0 Å². The molecule has 1 saturated carbocycles. The van der Waals surface area contributed by atoms with Crippen molar-refractivity contribution in [1.82, 2.24) is 10.6 Å². The van der Waals surface area contributed by atoms with Crippen LogP contribution in [0.2, 0.25) is 0 Å². The molecule has 5 heteroatoms. The van der Waals surface area contributed by atoms with Crippen molar-refractivity contribution >= 4 is 11.6 Å². The largest absolute Gasteiger partial charge is 0.367 e. The summed E-state index contributed by atoms with van der Waals surface area (Å²) in [6.45, 7) is 3.71. The first kappa shape index (κ1) is 14.3. The molecule has 1 atom stereocenters. The number of hydrogen-bond donors (Lipinski definition) is 2. The Morgan fingerprint density at radius 2 is 2.14 bits per heavy atom. The van der Waals surface area contributed by atoms with E-state index in [-0.39, 0.29) is 17.8 Å². The lowest BCUT2D eigenvalue weighted by Gasteiger charge is -2.20. The molecule has 0 aromatic heterocycles. The molecular formula is C16H22FN3O. The molecule has 0 bridgehead atoms. The summed E-state index contributed by atoms with van der Waals surface area (Å²) in [6.07, 6.45) is 3.34. The van der Waals surface area contributed by atoms with Crippen molar-refractivity contribution in [3.63, 3.8) is 0 Å². The Kier molecular flexibility index (Phi) is 4.10. The maximum absolute atomic E-state index is 14.3. The molecule has 1 amide bonds. The summed E-state index contributed by atoms with van der Waals surface area (Å²) in [4.78, 5) is 13.1. The van der Waals surface area contributed by atoms with E-state index in [1.807, 2.05) is 17.0 Å². The molecular weight excluding hydrogens is 269 g/mol. The molecule has 3 rings (SSSR count). The Labute approximate surface area is 124 Å². The van der Waals surface area contributed by atoms with Gasteiger partial charge in [0.15, 0.2) is 0 Å². The van der Waals surface area contributed by atoms with Crippen LogP contribution in [0, 0.1) is 5.82 Å². The van der Waals surface area contributed by atoms with Crippen molar-refractivity contribution in [3.8, 4) is 0 Å². The number of carbonyl (C=O) groups is 1. The van der Waals surface area contributed by atoms with Crippen LogP contribution in [0.3, 0.4) is 0 Å². The van der Waals surface area contributed by atoms with E-state index in [2.05, 4.69) is 10.6 Å². The monoisotopic (exact) mass is 291 g/mol. The fraction of sp³-hybridized carbons (Fsp3) is 0.562. The van der Waals surface area contributed by atoms with E-state index < -0.39 is 0 Å². The molecule has 114 valence electrons. The second-order valence-corrected chi connectivity index (χ2v) is 6.07. The minimum Gasteiger partial charge on any atom is -0.367 e. The number of anilines is 1. The summed E-state index contributed by atoms with van der Waals surface area (Å²) in [6, 6.07) is 6.22. The van der Waals surface area contributed by atoms with Gasteiger partial charge in [0.2, 0.25) is 5.91 Å². The zero-order valence-corrected chi connectivity index (χ0v) is 12.4. The van der Waals surface area contributed by atoms with Crippen LogP contribution in [0.25, 0.3) is 0 Å². The van der Waals surface area contributed by atoms with Gasteiger partial charge in [-0.05, 0) is 37.0 Å². The predicted octanol–water partition coefficient (Wildman–Crippen LogP) is 1.79. The molecule has 1 aromatic rings. The van der Waals surface area contributed by atoms with Crippen LogP contribution < -0.4 is 15.5 Å². The number of nitrogens with one attached hydrogen (secondary N) is 2. The number of benzene rings is 1. The van der Waals surface area contributed by atoms with Crippen LogP contribution in [0.4, 0.5) is 10.1 Å². The highest BCUT2D eigenvalue weighted by atomic mass is 19.1. The Bertz CT molecular complexity index is 530. The average Bonchev–Trinajstić information content (AvgIpc) is 3.16. The lowest BCUT2D eigenvalue weighted by Crippen LogP contribution is -2.35. The summed E-state index contributed by atoms with van der Waals surface area (Å²) in [5, 5.41) is 6.29. The van der Waals surface area contributed by atoms with Gasteiger partial charge in [0, 0.05) is 38.6 Å². The molecule has 1 unspecified atom stereocenters. The predicted molar refractivity (Wildman–Crippen MR) is 80.7 cm³/mol. The van der Waals surface area contributed by atoms with E-state index in [9.17, 15) is 9.18 Å². The Balaban J connectivity index is 1.61. The molecule has 0 radical (unpaired) electrons. The van der Waals surface area contributed by atoms with Gasteiger partial charge in [-0.2, -0.15) is 0 Å². The number of amides is 1. The van der Waals surface area contributed by atoms with Crippen LogP contribution in [0.5, 0.6) is 0 Å². The number of hydrogen-bond acceptors (Lipinski definition) is 3. The van der Waals surface area contributed by atoms with Gasteiger partial charge < -0.3 is 15.5 Å². The first-order chi connectivity index (χ1) is 10.1. The first-order valence-corrected chi connectivity index (χ1v) is 7.65. The highest BCUT2D eigenvalue weighted by molar-refractivity contribution is 5.73. The summed E-state index contributed by atoms with van der Waals surface area (Å²) in [5.41, 5.74) is 1.62. The van der Waals surface area contributed by atoms with Gasteiger partial charge in [0.1, 0.15) is 5.82 Å². The number of nitrogens with zero attached hydrogens (tertiary/aromatic N) is 1. The van der Waals surface area contributed by atoms with Crippen LogP contribution >= 0.6 is 0 Å². The molecule has 0 spiro atoms. The van der Waals surface area contributed by atoms with Gasteiger partial charge in [0.25, 0.3) is 0 Å². The standard InChI is InChI=1S/C16H22FN3O/c1-11(21)19-14-6-7-20(10-14)16-5-2-12(8-15(16)17)9-18-13-3-4-13/h2,5,8,13-14,18H,3-4,6-7,9-10H2,1H3,(H,19,21). The lowest BCUT2D eigenvalue weighted by molar-refractivity contribution is -0.119. The quantitative estimate of drug-likeness (QED) is 0.869. The summed E-state index contributed by atoms with van der Waals surface area (Å²) < 4.78 is 14.3. The maximum atomic E-state index is 14.3. The highest BCUT2D eigenvalue weighted by Crippen LogP contribution is 2.25. The van der Waals surface area contributed by atoms with E-state index in [0.717, 1.165) is 25.1 Å². The highest BCUT2D eigenvalue weighted by Gasteiger charge is 2.25. The Morgan fingerprint density at radius 3 is 2.81 bits per heavy atom. The molecule has 2 N–H and O–H groups in total. The van der Waals surface area contributed by atoms with E-state index in [0.29, 0.717) is 18.3 Å². The van der Waals surface area contributed by atoms with E-state index in [1.165, 1.54) is 19.8 Å². The van der Waals surface area contributed by atoms with Crippen molar-refractivity contribution in [1.29, 1.82) is 0 Å². The topological polar surface area (TPSA) is 44.4 Å². The molecule has 1 saturated heterocycles. The van der Waals surface area contributed by atoms with E-state index >= 15 is 0 Å². The number of rotatable bonds is 5. The molecule has 1 heterocycles. The van der Waals surface area contributed by atoms with Gasteiger partial charge in [0.05, 0.1) is 5.69 Å². The fourth-order valence-electron chi connectivity index (χ4n) is 2.85. The van der Waals surface area contributed by atoms with Gasteiger partial charge in [-0.25, -0.2) is 4.39 Å². The molecule has 21 heavy (non-hydrogen) atoms.